The molecular weight excluding hydrogens is 552 g/mol. The molecule has 0 amide bonds. The number of nitrogens with one attached hydrogen (secondary N) is 1. The Morgan fingerprint density at radius 3 is 2.46 bits per heavy atom. The van der Waals surface area contributed by atoms with Gasteiger partial charge in [-0.15, -0.1) is 5.10 Å². The van der Waals surface area contributed by atoms with Gasteiger partial charge in [0.05, 0.1) is 23.4 Å². The molecule has 2 aromatic carbocycles. The average Bonchev–Trinajstić information content (AvgIpc) is 3.48. The molecule has 1 aliphatic heterocycles. The van der Waals surface area contributed by atoms with Crippen LogP contribution in [0, 0.1) is 3.57 Å². The summed E-state index contributed by atoms with van der Waals surface area (Å²) in [7, 11) is 0. The normalized spacial score (nSPS) is 15.3. The summed E-state index contributed by atoms with van der Waals surface area (Å²) < 4.78 is 15.2. The van der Waals surface area contributed by atoms with E-state index in [2.05, 4.69) is 105 Å². The Hall–Kier alpha value is -2.53. The molecule has 0 bridgehead atoms. The van der Waals surface area contributed by atoms with E-state index >= 15 is 0 Å². The lowest BCUT2D eigenvalue weighted by Gasteiger charge is -2.35. The second-order valence-corrected chi connectivity index (χ2v) is 11.3. The molecule has 35 heavy (non-hydrogen) atoms. The summed E-state index contributed by atoms with van der Waals surface area (Å²) in [4.78, 5) is 13.4. The topological polar surface area (TPSA) is 65.9 Å². The van der Waals surface area contributed by atoms with Gasteiger partial charge in [0.15, 0.2) is 0 Å². The van der Waals surface area contributed by atoms with Gasteiger partial charge in [-0.2, -0.15) is 0 Å². The fraction of sp³-hybridized carbons (Fsp3) is 0.423. The van der Waals surface area contributed by atoms with Crippen molar-refractivity contribution >= 4 is 39.3 Å². The van der Waals surface area contributed by atoms with E-state index in [1.165, 1.54) is 11.3 Å². The second kappa shape index (κ2) is 9.85. The van der Waals surface area contributed by atoms with Gasteiger partial charge in [0.2, 0.25) is 0 Å². The Bertz CT molecular complexity index is 1300. The third-order valence-electron chi connectivity index (χ3n) is 6.60. The fourth-order valence-corrected chi connectivity index (χ4v) is 5.13. The zero-order valence-electron chi connectivity index (χ0n) is 20.4. The number of imidazole rings is 1. The predicted molar refractivity (Wildman–Crippen MR) is 146 cm³/mol. The van der Waals surface area contributed by atoms with Crippen LogP contribution in [-0.4, -0.2) is 62.7 Å². The van der Waals surface area contributed by atoms with E-state index in [4.69, 9.17) is 4.98 Å². The smallest absolute Gasteiger partial charge is 0.138 e. The largest absolute Gasteiger partial charge is 0.367 e. The first-order valence-electron chi connectivity index (χ1n) is 12.0. The Morgan fingerprint density at radius 2 is 1.77 bits per heavy atom. The van der Waals surface area contributed by atoms with E-state index in [0.717, 1.165) is 64.4 Å². The van der Waals surface area contributed by atoms with Crippen LogP contribution in [0.5, 0.6) is 0 Å². The molecule has 2 aromatic heterocycles. The highest BCUT2D eigenvalue weighted by atomic mass is 123. The number of aryl methyl sites for hydroxylation is 1. The van der Waals surface area contributed by atoms with Crippen LogP contribution in [0.15, 0.2) is 42.6 Å². The molecule has 1 N–H and O–H groups in total. The molecule has 3 heterocycles. The molecular formula is C26H31FIN7. The molecule has 1 aliphatic rings. The molecule has 0 radical (unpaired) electrons. The maximum Gasteiger partial charge on any atom is 0.138 e. The predicted octanol–water partition coefficient (Wildman–Crippen LogP) is 5.02. The summed E-state index contributed by atoms with van der Waals surface area (Å²) >= 11 is 2.37. The summed E-state index contributed by atoms with van der Waals surface area (Å²) in [5, 5.41) is 8.18. The maximum atomic E-state index is 12.5. The van der Waals surface area contributed by atoms with E-state index < -0.39 is 6.67 Å². The zero-order valence-corrected chi connectivity index (χ0v) is 22.6. The molecule has 0 aliphatic carbocycles. The van der Waals surface area contributed by atoms with Gasteiger partial charge in [-0.3, -0.25) is 4.90 Å². The van der Waals surface area contributed by atoms with Crippen LogP contribution in [0.1, 0.15) is 32.0 Å². The summed E-state index contributed by atoms with van der Waals surface area (Å²) in [5.74, 6) is 0.904. The molecule has 0 saturated carbocycles. The van der Waals surface area contributed by atoms with E-state index in [1.807, 2.05) is 6.20 Å². The highest BCUT2D eigenvalue weighted by Gasteiger charge is 2.22. The minimum atomic E-state index is -0.427. The Balaban J connectivity index is 1.33. The number of nitrogens with zero attached hydrogens (tertiary/aromatic N) is 6. The van der Waals surface area contributed by atoms with Crippen molar-refractivity contribution < 1.29 is 4.39 Å². The fourth-order valence-electron chi connectivity index (χ4n) is 4.56. The lowest BCUT2D eigenvalue weighted by Crippen LogP contribution is -2.46. The number of halogens is 2. The summed E-state index contributed by atoms with van der Waals surface area (Å²) in [6.45, 7) is 11.0. The first-order valence-corrected chi connectivity index (χ1v) is 13.1. The number of aromatic nitrogens is 5. The van der Waals surface area contributed by atoms with Gasteiger partial charge >= 0.3 is 0 Å². The van der Waals surface area contributed by atoms with Gasteiger partial charge in [0.25, 0.3) is 0 Å². The molecule has 4 aromatic rings. The molecule has 7 nitrogen and oxygen atoms in total. The number of hydrogen-bond acceptors (Lipinski definition) is 5. The molecule has 1 fully saturated rings. The summed E-state index contributed by atoms with van der Waals surface area (Å²) in [6.07, 6.45) is 1.84. The van der Waals surface area contributed by atoms with Crippen LogP contribution in [-0.2, 0) is 18.5 Å². The van der Waals surface area contributed by atoms with E-state index in [1.54, 1.807) is 4.68 Å². The maximum absolute atomic E-state index is 12.5. The monoisotopic (exact) mass is 583 g/mol. The van der Waals surface area contributed by atoms with Crippen molar-refractivity contribution in [2.24, 2.45) is 0 Å². The van der Waals surface area contributed by atoms with Crippen molar-refractivity contribution in [3.8, 4) is 11.4 Å². The standard InChI is InChI=1S/C26H31FIN7/c1-26(2,3)19-6-4-18(5-7-19)25-29-23-21(28)8-9-22(24(23)30-25)34-14-12-33(13-15-34)16-20-17-35(11-10-27)32-31-20/h4-9,17H,10-16H2,1-3H3,(H,29,30)/i28-4. The number of hydrogen-bond donors (Lipinski definition) is 1. The SMILES string of the molecule is CC(C)(C)c1ccc(-c2nc3c([123I])ccc(N4CCN(Cc5cn(CCF)nn5)CC4)c3[nH]2)cc1. The minimum absolute atomic E-state index is 0.127. The Kier molecular flexibility index (Phi) is 6.80. The summed E-state index contributed by atoms with van der Waals surface area (Å²) in [6, 6.07) is 13.1. The Labute approximate surface area is 218 Å². The number of fused-ring (bicyclic) bond motifs is 1. The highest BCUT2D eigenvalue weighted by Crippen LogP contribution is 2.33. The minimum Gasteiger partial charge on any atom is -0.367 e. The van der Waals surface area contributed by atoms with Gasteiger partial charge < -0.3 is 9.88 Å². The van der Waals surface area contributed by atoms with Gasteiger partial charge in [-0.05, 0) is 45.7 Å². The molecule has 184 valence electrons. The molecule has 1 saturated heterocycles. The third-order valence-corrected chi connectivity index (χ3v) is 7.47. The van der Waals surface area contributed by atoms with E-state index in [-0.39, 0.29) is 12.0 Å². The van der Waals surface area contributed by atoms with E-state index in [9.17, 15) is 4.39 Å². The number of anilines is 1. The number of alkyl halides is 1. The van der Waals surface area contributed by atoms with Crippen LogP contribution < -0.4 is 4.90 Å². The first kappa shape index (κ1) is 24.2. The van der Waals surface area contributed by atoms with Gasteiger partial charge in [0, 0.05) is 48.1 Å². The zero-order chi connectivity index (χ0) is 24.6. The second-order valence-electron chi connectivity index (χ2n) is 10.1. The molecule has 0 spiro atoms. The van der Waals surface area contributed by atoms with Crippen molar-refractivity contribution in [3.05, 3.63) is 57.4 Å². The number of H-pyrrole nitrogens is 1. The van der Waals surface area contributed by atoms with Crippen molar-refractivity contribution in [2.75, 3.05) is 37.8 Å². The quantitative estimate of drug-likeness (QED) is 0.324. The molecule has 5 rings (SSSR count). The average molecular weight is 583 g/mol. The summed E-state index contributed by atoms with van der Waals surface area (Å²) in [5.41, 5.74) is 6.73. The van der Waals surface area contributed by atoms with Crippen LogP contribution in [0.2, 0.25) is 0 Å². The Morgan fingerprint density at radius 1 is 1.03 bits per heavy atom. The van der Waals surface area contributed by atoms with Crippen molar-refractivity contribution in [3.63, 3.8) is 0 Å². The number of aromatic amines is 1. The number of rotatable bonds is 6. The van der Waals surface area contributed by atoms with Gasteiger partial charge in [-0.1, -0.05) is 50.3 Å². The lowest BCUT2D eigenvalue weighted by atomic mass is 9.87. The van der Waals surface area contributed by atoms with Gasteiger partial charge in [0.1, 0.15) is 18.0 Å². The van der Waals surface area contributed by atoms with Crippen LogP contribution in [0.25, 0.3) is 22.4 Å². The lowest BCUT2D eigenvalue weighted by molar-refractivity contribution is 0.247. The van der Waals surface area contributed by atoms with Crippen molar-refractivity contribution in [2.45, 2.75) is 39.3 Å². The highest BCUT2D eigenvalue weighted by molar-refractivity contribution is 14.1. The van der Waals surface area contributed by atoms with E-state index in [0.29, 0.717) is 0 Å². The van der Waals surface area contributed by atoms with Crippen LogP contribution in [0.3, 0.4) is 0 Å². The van der Waals surface area contributed by atoms with Crippen molar-refractivity contribution in [1.82, 2.24) is 29.9 Å². The molecule has 0 unspecified atom stereocenters. The molecule has 9 heteroatoms. The van der Waals surface area contributed by atoms with Gasteiger partial charge in [-0.25, -0.2) is 14.1 Å². The van der Waals surface area contributed by atoms with Crippen LogP contribution >= 0.6 is 22.6 Å². The number of piperazine rings is 1. The first-order chi connectivity index (χ1) is 16.8. The molecule has 0 atom stereocenters. The third kappa shape index (κ3) is 5.20. The van der Waals surface area contributed by atoms with Crippen LogP contribution in [0.4, 0.5) is 10.1 Å². The number of benzene rings is 2. The van der Waals surface area contributed by atoms with Crippen molar-refractivity contribution in [1.29, 1.82) is 0 Å².